The standard InChI is InChI=1S/C12H21N/c1-8-6-10(12(3,4)5)7-9(2)11(8)13/h6-8,11H,13H2,1-5H3. The summed E-state index contributed by atoms with van der Waals surface area (Å²) in [6.45, 7) is 11.0. The molecule has 0 amide bonds. The van der Waals surface area contributed by atoms with Gasteiger partial charge in [0.1, 0.15) is 0 Å². The molecule has 2 atom stereocenters. The first kappa shape index (κ1) is 10.5. The van der Waals surface area contributed by atoms with Crippen molar-refractivity contribution in [1.82, 2.24) is 0 Å². The van der Waals surface area contributed by atoms with Crippen molar-refractivity contribution in [2.75, 3.05) is 0 Å². The fraction of sp³-hybridized carbons (Fsp3) is 0.667. The van der Waals surface area contributed by atoms with E-state index < -0.39 is 0 Å². The summed E-state index contributed by atoms with van der Waals surface area (Å²) in [5.74, 6) is 0.472. The van der Waals surface area contributed by atoms with E-state index in [9.17, 15) is 0 Å². The number of allylic oxidation sites excluding steroid dienone is 2. The molecule has 0 heterocycles. The van der Waals surface area contributed by atoms with Gasteiger partial charge in [-0.3, -0.25) is 0 Å². The molecular weight excluding hydrogens is 158 g/mol. The van der Waals surface area contributed by atoms with E-state index in [1.165, 1.54) is 11.1 Å². The van der Waals surface area contributed by atoms with Crippen LogP contribution in [0.2, 0.25) is 0 Å². The van der Waals surface area contributed by atoms with Crippen molar-refractivity contribution in [2.45, 2.75) is 40.7 Å². The normalized spacial score (nSPS) is 29.7. The number of nitrogens with two attached hydrogens (primary N) is 1. The third-order valence-corrected chi connectivity index (χ3v) is 2.78. The molecule has 0 aromatic rings. The van der Waals surface area contributed by atoms with Gasteiger partial charge in [0.25, 0.3) is 0 Å². The molecule has 0 radical (unpaired) electrons. The van der Waals surface area contributed by atoms with Gasteiger partial charge in [0.05, 0.1) is 0 Å². The Morgan fingerprint density at radius 2 is 1.85 bits per heavy atom. The molecule has 0 aromatic heterocycles. The summed E-state index contributed by atoms with van der Waals surface area (Å²) >= 11 is 0. The van der Waals surface area contributed by atoms with Gasteiger partial charge in [-0.1, -0.05) is 45.4 Å². The molecule has 1 rings (SSSR count). The number of hydrogen-bond donors (Lipinski definition) is 1. The van der Waals surface area contributed by atoms with E-state index >= 15 is 0 Å². The van der Waals surface area contributed by atoms with Gasteiger partial charge >= 0.3 is 0 Å². The molecule has 0 saturated heterocycles. The second kappa shape index (κ2) is 3.30. The Morgan fingerprint density at radius 3 is 2.23 bits per heavy atom. The summed E-state index contributed by atoms with van der Waals surface area (Å²) in [7, 11) is 0. The van der Waals surface area contributed by atoms with E-state index in [0.717, 1.165) is 0 Å². The average Bonchev–Trinajstić information content (AvgIpc) is 1.97. The van der Waals surface area contributed by atoms with Crippen LogP contribution in [0, 0.1) is 11.3 Å². The van der Waals surface area contributed by atoms with Crippen LogP contribution in [0.4, 0.5) is 0 Å². The monoisotopic (exact) mass is 179 g/mol. The first-order valence-electron chi connectivity index (χ1n) is 4.98. The predicted molar refractivity (Wildman–Crippen MR) is 58.4 cm³/mol. The molecule has 2 N–H and O–H groups in total. The van der Waals surface area contributed by atoms with Gasteiger partial charge in [0, 0.05) is 6.04 Å². The lowest BCUT2D eigenvalue weighted by molar-refractivity contribution is 0.490. The first-order chi connectivity index (χ1) is 5.82. The lowest BCUT2D eigenvalue weighted by atomic mass is 9.78. The van der Waals surface area contributed by atoms with Crippen molar-refractivity contribution in [1.29, 1.82) is 0 Å². The molecule has 0 bridgehead atoms. The maximum absolute atomic E-state index is 6.01. The van der Waals surface area contributed by atoms with Crippen molar-refractivity contribution >= 4 is 0 Å². The van der Waals surface area contributed by atoms with E-state index in [1.54, 1.807) is 0 Å². The minimum atomic E-state index is 0.214. The van der Waals surface area contributed by atoms with Crippen LogP contribution in [-0.2, 0) is 0 Å². The van der Waals surface area contributed by atoms with Crippen molar-refractivity contribution in [3.63, 3.8) is 0 Å². The number of hydrogen-bond acceptors (Lipinski definition) is 1. The van der Waals surface area contributed by atoms with Gasteiger partial charge in [0.15, 0.2) is 0 Å². The van der Waals surface area contributed by atoms with Gasteiger partial charge in [-0.2, -0.15) is 0 Å². The van der Waals surface area contributed by atoms with Gasteiger partial charge in [-0.25, -0.2) is 0 Å². The highest BCUT2D eigenvalue weighted by molar-refractivity contribution is 5.35. The molecule has 0 fully saturated rings. The Hall–Kier alpha value is -0.560. The van der Waals surface area contributed by atoms with E-state index in [4.69, 9.17) is 5.73 Å². The minimum Gasteiger partial charge on any atom is -0.324 e. The molecule has 1 nitrogen and oxygen atoms in total. The van der Waals surface area contributed by atoms with Gasteiger partial charge in [-0.15, -0.1) is 0 Å². The zero-order valence-electron chi connectivity index (χ0n) is 9.39. The highest BCUT2D eigenvalue weighted by Crippen LogP contribution is 2.33. The Kier molecular flexibility index (Phi) is 2.67. The molecule has 13 heavy (non-hydrogen) atoms. The molecule has 1 aliphatic rings. The summed E-state index contributed by atoms with van der Waals surface area (Å²) in [5, 5.41) is 0. The van der Waals surface area contributed by atoms with E-state index in [0.29, 0.717) is 5.92 Å². The van der Waals surface area contributed by atoms with Crippen LogP contribution in [0.25, 0.3) is 0 Å². The van der Waals surface area contributed by atoms with E-state index in [2.05, 4.69) is 46.8 Å². The largest absolute Gasteiger partial charge is 0.324 e. The Morgan fingerprint density at radius 1 is 1.31 bits per heavy atom. The van der Waals surface area contributed by atoms with Crippen LogP contribution in [0.5, 0.6) is 0 Å². The van der Waals surface area contributed by atoms with Crippen molar-refractivity contribution in [3.8, 4) is 0 Å². The third kappa shape index (κ3) is 2.22. The van der Waals surface area contributed by atoms with Crippen molar-refractivity contribution in [3.05, 3.63) is 23.3 Å². The first-order valence-corrected chi connectivity index (χ1v) is 4.98. The second-order valence-corrected chi connectivity index (χ2v) is 5.15. The summed E-state index contributed by atoms with van der Waals surface area (Å²) in [6, 6.07) is 0.214. The quantitative estimate of drug-likeness (QED) is 0.608. The zero-order valence-corrected chi connectivity index (χ0v) is 9.39. The minimum absolute atomic E-state index is 0.214. The van der Waals surface area contributed by atoms with Gasteiger partial charge in [0.2, 0.25) is 0 Å². The van der Waals surface area contributed by atoms with Crippen LogP contribution in [0.1, 0.15) is 34.6 Å². The van der Waals surface area contributed by atoms with Crippen LogP contribution < -0.4 is 5.73 Å². The maximum Gasteiger partial charge on any atom is 0.0315 e. The third-order valence-electron chi connectivity index (χ3n) is 2.78. The Balaban J connectivity index is 2.98. The van der Waals surface area contributed by atoms with Crippen molar-refractivity contribution in [2.24, 2.45) is 17.1 Å². The lowest BCUT2D eigenvalue weighted by Crippen LogP contribution is -2.31. The van der Waals surface area contributed by atoms with E-state index in [1.807, 2.05) is 0 Å². The van der Waals surface area contributed by atoms with Gasteiger partial charge < -0.3 is 5.73 Å². The summed E-state index contributed by atoms with van der Waals surface area (Å²) < 4.78 is 0. The van der Waals surface area contributed by atoms with Gasteiger partial charge in [-0.05, 0) is 23.8 Å². The summed E-state index contributed by atoms with van der Waals surface area (Å²) in [6.07, 6.45) is 4.54. The lowest BCUT2D eigenvalue weighted by Gasteiger charge is -2.30. The topological polar surface area (TPSA) is 26.0 Å². The fourth-order valence-corrected chi connectivity index (χ4v) is 1.66. The highest BCUT2D eigenvalue weighted by atomic mass is 14.7. The van der Waals surface area contributed by atoms with Crippen LogP contribution in [0.3, 0.4) is 0 Å². The molecule has 74 valence electrons. The van der Waals surface area contributed by atoms with E-state index in [-0.39, 0.29) is 11.5 Å². The molecule has 0 spiro atoms. The molecule has 1 heteroatoms. The molecule has 0 saturated carbocycles. The van der Waals surface area contributed by atoms with Crippen LogP contribution in [-0.4, -0.2) is 6.04 Å². The molecule has 0 aliphatic heterocycles. The summed E-state index contributed by atoms with van der Waals surface area (Å²) in [4.78, 5) is 0. The zero-order chi connectivity index (χ0) is 10.2. The Bertz CT molecular complexity index is 253. The highest BCUT2D eigenvalue weighted by Gasteiger charge is 2.23. The Labute approximate surface area is 81.7 Å². The molecular formula is C12H21N. The van der Waals surface area contributed by atoms with Crippen LogP contribution >= 0.6 is 0 Å². The molecule has 2 unspecified atom stereocenters. The predicted octanol–water partition coefficient (Wildman–Crippen LogP) is 2.88. The van der Waals surface area contributed by atoms with Crippen molar-refractivity contribution < 1.29 is 0 Å². The SMILES string of the molecule is CC1=CC(C(C)(C)C)=CC(C)C1N. The molecule has 0 aromatic carbocycles. The smallest absolute Gasteiger partial charge is 0.0315 e. The fourth-order valence-electron chi connectivity index (χ4n) is 1.66. The summed E-state index contributed by atoms with van der Waals surface area (Å²) in [5.41, 5.74) is 8.98. The second-order valence-electron chi connectivity index (χ2n) is 5.15. The maximum atomic E-state index is 6.01. The molecule has 1 aliphatic carbocycles. The van der Waals surface area contributed by atoms with Crippen LogP contribution in [0.15, 0.2) is 23.3 Å². The average molecular weight is 179 g/mol. The number of rotatable bonds is 0.